The van der Waals surface area contributed by atoms with Gasteiger partial charge in [-0.2, -0.15) is 10.9 Å². The number of carboxylic acid groups (broad SMARTS) is 1. The summed E-state index contributed by atoms with van der Waals surface area (Å²) in [6.07, 6.45) is 10.0. The SMILES string of the molecule is CC(C)(C)[SH]1C(C(=O)OC=O)=C(N2C(=O)CNC[C@H]2C2CCCCC2)C(N2CC(=O)N(c3cc(-c4ccccc4)sc3C(=O)O)[C@H](C3CCCCC3)C2)=C1c1ccccc1. The van der Waals surface area contributed by atoms with Crippen molar-refractivity contribution in [1.29, 1.82) is 0 Å². The van der Waals surface area contributed by atoms with E-state index in [-0.39, 0.29) is 54.1 Å². The van der Waals surface area contributed by atoms with Crippen LogP contribution in [0.5, 0.6) is 0 Å². The van der Waals surface area contributed by atoms with E-state index in [4.69, 9.17) is 4.74 Å². The summed E-state index contributed by atoms with van der Waals surface area (Å²) < 4.78 is 4.76. The minimum absolute atomic E-state index is 0.0845. The van der Waals surface area contributed by atoms with Gasteiger partial charge in [0.1, 0.15) is 9.78 Å². The number of carbonyl (C=O) groups excluding carboxylic acids is 4. The van der Waals surface area contributed by atoms with Crippen molar-refractivity contribution in [3.05, 3.63) is 93.5 Å². The second-order valence-corrected chi connectivity index (χ2v) is 21.7. The van der Waals surface area contributed by atoms with Crippen molar-refractivity contribution in [1.82, 2.24) is 15.1 Å². The maximum absolute atomic E-state index is 15.3. The maximum Gasteiger partial charge on any atom is 0.352 e. The highest BCUT2D eigenvalue weighted by atomic mass is 32.2. The van der Waals surface area contributed by atoms with E-state index in [1.807, 2.05) is 71.6 Å². The van der Waals surface area contributed by atoms with Crippen LogP contribution in [0, 0.1) is 11.8 Å². The summed E-state index contributed by atoms with van der Waals surface area (Å²) in [4.78, 5) is 77.4. The Kier molecular flexibility index (Phi) is 12.4. The van der Waals surface area contributed by atoms with E-state index in [0.29, 0.717) is 35.1 Å². The summed E-state index contributed by atoms with van der Waals surface area (Å²) in [6.45, 7) is 7.30. The number of rotatable bonds is 10. The Balaban J connectivity index is 1.34. The standard InChI is InChI=1S/C47H56N4O7S2/c1-47(2,3)60-43(33-22-14-7-15-23-33)40(41(44(60)46(57)58-29-52)51-35(25-48-26-38(51)53)30-16-8-4-9-17-30)49-27-36(31-18-10-5-11-19-31)50(39(54)28-49)34-24-37(59-42(34)45(55)56)32-20-12-6-13-21-32/h6-7,12-15,20-24,29-31,35-36,48,60H,4-5,8-11,16-19,25-28H2,1-3H3,(H,55,56)/t35-,36-/m0/s1. The Labute approximate surface area is 359 Å². The van der Waals surface area contributed by atoms with E-state index in [9.17, 15) is 24.3 Å². The van der Waals surface area contributed by atoms with Crippen molar-refractivity contribution >= 4 is 63.0 Å². The van der Waals surface area contributed by atoms with E-state index in [2.05, 4.69) is 31.0 Å². The number of amides is 2. The maximum atomic E-state index is 15.3. The van der Waals surface area contributed by atoms with E-state index in [1.165, 1.54) is 11.3 Å². The summed E-state index contributed by atoms with van der Waals surface area (Å²) in [7, 11) is -1.59. The third-order valence-corrected chi connectivity index (χ3v) is 17.2. The molecule has 2 N–H and O–H groups in total. The summed E-state index contributed by atoms with van der Waals surface area (Å²) in [5.41, 5.74) is 3.29. The van der Waals surface area contributed by atoms with Crippen LogP contribution >= 0.6 is 22.2 Å². The number of thiophene rings is 1. The highest BCUT2D eigenvalue weighted by Gasteiger charge is 2.52. The van der Waals surface area contributed by atoms with Crippen LogP contribution in [-0.2, 0) is 23.9 Å². The molecule has 2 saturated heterocycles. The molecule has 2 amide bonds. The fourth-order valence-electron chi connectivity index (χ4n) is 10.4. The molecule has 0 spiro atoms. The molecule has 2 aliphatic carbocycles. The zero-order valence-corrected chi connectivity index (χ0v) is 36.4. The van der Waals surface area contributed by atoms with Gasteiger partial charge in [0.15, 0.2) is 0 Å². The fourth-order valence-corrected chi connectivity index (χ4v) is 14.5. The third kappa shape index (κ3) is 8.08. The van der Waals surface area contributed by atoms with Gasteiger partial charge in [-0.25, -0.2) is 9.59 Å². The number of carboxylic acids is 1. The van der Waals surface area contributed by atoms with Crippen LogP contribution in [0.25, 0.3) is 15.3 Å². The van der Waals surface area contributed by atoms with Gasteiger partial charge in [0.05, 0.1) is 42.3 Å². The molecule has 1 aromatic heterocycles. The minimum Gasteiger partial charge on any atom is -0.477 e. The topological polar surface area (TPSA) is 137 Å². The smallest absolute Gasteiger partial charge is 0.352 e. The molecular formula is C47H56N4O7S2. The molecule has 318 valence electrons. The van der Waals surface area contributed by atoms with Gasteiger partial charge < -0.3 is 29.9 Å². The molecule has 4 fully saturated rings. The minimum atomic E-state index is -1.59. The molecule has 1 unspecified atom stereocenters. The van der Waals surface area contributed by atoms with Gasteiger partial charge in [-0.15, -0.1) is 11.3 Å². The fraction of sp³-hybridized carbons (Fsp3) is 0.468. The van der Waals surface area contributed by atoms with Gasteiger partial charge in [0.2, 0.25) is 11.8 Å². The number of benzene rings is 2. The predicted octanol–water partition coefficient (Wildman–Crippen LogP) is 8.18. The summed E-state index contributed by atoms with van der Waals surface area (Å²) in [6, 6.07) is 20.8. The Bertz CT molecular complexity index is 2180. The Hall–Kier alpha value is -4.72. The van der Waals surface area contributed by atoms with Crippen molar-refractivity contribution in [2.45, 2.75) is 102 Å². The molecule has 11 nitrogen and oxygen atoms in total. The number of carbonyl (C=O) groups is 5. The average molecular weight is 853 g/mol. The lowest BCUT2D eigenvalue weighted by Crippen LogP contribution is -2.61. The molecule has 2 saturated carbocycles. The van der Waals surface area contributed by atoms with Crippen LogP contribution in [0.3, 0.4) is 0 Å². The lowest BCUT2D eigenvalue weighted by atomic mass is 9.81. The van der Waals surface area contributed by atoms with E-state index >= 15 is 4.79 Å². The van der Waals surface area contributed by atoms with Gasteiger partial charge in [0.25, 0.3) is 0 Å². The number of ether oxygens (including phenoxy) is 1. The number of aromatic carboxylic acids is 1. The summed E-state index contributed by atoms with van der Waals surface area (Å²) in [5, 5.41) is 14.0. The van der Waals surface area contributed by atoms with Gasteiger partial charge in [-0.1, -0.05) is 120 Å². The molecule has 3 atom stereocenters. The number of hydrogen-bond donors (Lipinski definition) is 3. The Morgan fingerprint density at radius 3 is 2.00 bits per heavy atom. The summed E-state index contributed by atoms with van der Waals surface area (Å²) in [5.74, 6) is -1.98. The number of nitrogens with zero attached hydrogens (tertiary/aromatic N) is 3. The monoisotopic (exact) mass is 852 g/mol. The van der Waals surface area contributed by atoms with E-state index in [0.717, 1.165) is 85.1 Å². The van der Waals surface area contributed by atoms with Crippen molar-refractivity contribution in [3.8, 4) is 10.4 Å². The molecule has 4 heterocycles. The first-order chi connectivity index (χ1) is 29.0. The zero-order chi connectivity index (χ0) is 42.1. The average Bonchev–Trinajstić information content (AvgIpc) is 3.86. The van der Waals surface area contributed by atoms with E-state index in [1.54, 1.807) is 4.90 Å². The summed E-state index contributed by atoms with van der Waals surface area (Å²) >= 11 is 1.18. The van der Waals surface area contributed by atoms with Crippen LogP contribution in [0.1, 0.15) is 100 Å². The normalized spacial score (nSPS) is 24.3. The highest BCUT2D eigenvalue weighted by molar-refractivity contribution is 8.30. The number of thiol groups is 1. The van der Waals surface area contributed by atoms with Crippen LogP contribution in [0.2, 0.25) is 0 Å². The molecule has 0 bridgehead atoms. The first kappa shape index (κ1) is 42.0. The van der Waals surface area contributed by atoms with Crippen molar-refractivity contribution in [2.24, 2.45) is 11.8 Å². The molecule has 3 aliphatic heterocycles. The zero-order valence-electron chi connectivity index (χ0n) is 34.7. The van der Waals surface area contributed by atoms with Crippen molar-refractivity contribution < 1.29 is 33.8 Å². The second kappa shape index (κ2) is 17.7. The third-order valence-electron chi connectivity index (χ3n) is 12.9. The van der Waals surface area contributed by atoms with Crippen LogP contribution in [-0.4, -0.2) is 88.1 Å². The first-order valence-electron chi connectivity index (χ1n) is 21.5. The van der Waals surface area contributed by atoms with Crippen molar-refractivity contribution in [2.75, 3.05) is 31.1 Å². The highest BCUT2D eigenvalue weighted by Crippen LogP contribution is 2.66. The second-order valence-electron chi connectivity index (χ2n) is 17.7. The predicted molar refractivity (Wildman–Crippen MR) is 237 cm³/mol. The van der Waals surface area contributed by atoms with Gasteiger partial charge in [-0.05, 0) is 59.5 Å². The molecular weight excluding hydrogens is 797 g/mol. The molecule has 5 aliphatic rings. The number of piperazine rings is 2. The van der Waals surface area contributed by atoms with Crippen LogP contribution in [0.15, 0.2) is 83.0 Å². The number of esters is 1. The van der Waals surface area contributed by atoms with E-state index < -0.39 is 33.6 Å². The quantitative estimate of drug-likeness (QED) is 0.0799. The van der Waals surface area contributed by atoms with Gasteiger partial charge >= 0.3 is 18.4 Å². The molecule has 60 heavy (non-hydrogen) atoms. The Morgan fingerprint density at radius 1 is 0.817 bits per heavy atom. The first-order valence-corrected chi connectivity index (χ1v) is 23.6. The number of nitrogens with one attached hydrogen (secondary N) is 1. The Morgan fingerprint density at radius 2 is 1.42 bits per heavy atom. The molecule has 2 aromatic carbocycles. The van der Waals surface area contributed by atoms with Gasteiger partial charge in [-0.3, -0.25) is 14.4 Å². The lowest BCUT2D eigenvalue weighted by molar-refractivity contribution is -0.147. The van der Waals surface area contributed by atoms with Crippen LogP contribution in [0.4, 0.5) is 5.69 Å². The molecule has 0 radical (unpaired) electrons. The number of anilines is 1. The van der Waals surface area contributed by atoms with Crippen molar-refractivity contribution in [3.63, 3.8) is 0 Å². The van der Waals surface area contributed by atoms with Crippen LogP contribution < -0.4 is 10.2 Å². The molecule has 8 rings (SSSR count). The molecule has 13 heteroatoms. The van der Waals surface area contributed by atoms with Gasteiger partial charge in [0, 0.05) is 22.9 Å². The number of hydrogen-bond acceptors (Lipinski definition) is 9. The molecule has 3 aromatic rings. The largest absolute Gasteiger partial charge is 0.477 e. The lowest BCUT2D eigenvalue weighted by Gasteiger charge is -2.48.